The molecule has 2 aromatic carbocycles. The van der Waals surface area contributed by atoms with Crippen LogP contribution in [0.25, 0.3) is 0 Å². The Bertz CT molecular complexity index is 626. The fourth-order valence-corrected chi connectivity index (χ4v) is 2.42. The highest BCUT2D eigenvalue weighted by molar-refractivity contribution is 8.00. The number of hydrogen-bond donors (Lipinski definition) is 1. The third kappa shape index (κ3) is 5.25. The van der Waals surface area contributed by atoms with Crippen molar-refractivity contribution in [3.63, 3.8) is 0 Å². The van der Waals surface area contributed by atoms with E-state index in [0.717, 1.165) is 16.2 Å². The summed E-state index contributed by atoms with van der Waals surface area (Å²) >= 11 is 7.26. The molecule has 3 nitrogen and oxygen atoms in total. The van der Waals surface area contributed by atoms with Crippen molar-refractivity contribution in [1.82, 2.24) is 5.43 Å². The average molecular weight is 319 g/mol. The van der Waals surface area contributed by atoms with Crippen LogP contribution in [-0.2, 0) is 4.79 Å². The standard InChI is InChI=1S/C16H15ClN2OS/c1-12(13-5-3-2-4-6-13)18-19-16(20)11-21-15-9-7-14(17)8-10-15/h2-10H,11H2,1H3,(H,19,20)/b18-12+. The number of amides is 1. The van der Waals surface area contributed by atoms with Gasteiger partial charge in [-0.15, -0.1) is 11.8 Å². The molecule has 0 radical (unpaired) electrons. The molecule has 0 aliphatic carbocycles. The molecule has 1 amide bonds. The number of hydrazone groups is 1. The zero-order valence-corrected chi connectivity index (χ0v) is 13.1. The van der Waals surface area contributed by atoms with Crippen LogP contribution >= 0.6 is 23.4 Å². The maximum absolute atomic E-state index is 11.8. The second kappa shape index (κ2) is 7.86. The summed E-state index contributed by atoms with van der Waals surface area (Å²) in [6, 6.07) is 17.1. The van der Waals surface area contributed by atoms with Crippen LogP contribution in [0.5, 0.6) is 0 Å². The Labute approximate surface area is 133 Å². The number of nitrogens with zero attached hydrogens (tertiary/aromatic N) is 1. The molecule has 0 bridgehead atoms. The largest absolute Gasteiger partial charge is 0.272 e. The Morgan fingerprint density at radius 1 is 1.14 bits per heavy atom. The van der Waals surface area contributed by atoms with Crippen LogP contribution in [0.3, 0.4) is 0 Å². The molecule has 0 unspecified atom stereocenters. The highest BCUT2D eigenvalue weighted by Gasteiger charge is 2.03. The van der Waals surface area contributed by atoms with Gasteiger partial charge in [0.1, 0.15) is 0 Å². The molecule has 2 aromatic rings. The second-order valence-corrected chi connectivity index (χ2v) is 5.83. The lowest BCUT2D eigenvalue weighted by molar-refractivity contribution is -0.118. The Morgan fingerprint density at radius 2 is 1.81 bits per heavy atom. The molecule has 1 N–H and O–H groups in total. The fraction of sp³-hybridized carbons (Fsp3) is 0.125. The van der Waals surface area contributed by atoms with Crippen LogP contribution in [0.4, 0.5) is 0 Å². The number of carbonyl (C=O) groups is 1. The third-order valence-corrected chi connectivity index (χ3v) is 3.99. The lowest BCUT2D eigenvalue weighted by Crippen LogP contribution is -2.21. The molecule has 0 atom stereocenters. The minimum absolute atomic E-state index is 0.134. The SMILES string of the molecule is C/C(=N\NC(=O)CSc1ccc(Cl)cc1)c1ccccc1. The van der Waals surface area contributed by atoms with Crippen molar-refractivity contribution in [1.29, 1.82) is 0 Å². The van der Waals surface area contributed by atoms with Crippen molar-refractivity contribution >= 4 is 35.0 Å². The van der Waals surface area contributed by atoms with Gasteiger partial charge in [-0.1, -0.05) is 41.9 Å². The van der Waals surface area contributed by atoms with Gasteiger partial charge in [-0.3, -0.25) is 4.79 Å². The highest BCUT2D eigenvalue weighted by Crippen LogP contribution is 2.19. The van der Waals surface area contributed by atoms with E-state index in [0.29, 0.717) is 10.8 Å². The number of thioether (sulfide) groups is 1. The first-order chi connectivity index (χ1) is 10.1. The minimum Gasteiger partial charge on any atom is -0.272 e. The van der Waals surface area contributed by atoms with Crippen molar-refractivity contribution in [2.75, 3.05) is 5.75 Å². The lowest BCUT2D eigenvalue weighted by atomic mass is 10.1. The van der Waals surface area contributed by atoms with Crippen LogP contribution < -0.4 is 5.43 Å². The van der Waals surface area contributed by atoms with Gasteiger partial charge in [0, 0.05) is 9.92 Å². The average Bonchev–Trinajstić information content (AvgIpc) is 2.53. The first-order valence-corrected chi connectivity index (χ1v) is 7.78. The molecule has 0 saturated heterocycles. The monoisotopic (exact) mass is 318 g/mol. The molecular weight excluding hydrogens is 304 g/mol. The van der Waals surface area contributed by atoms with Gasteiger partial charge < -0.3 is 0 Å². The minimum atomic E-state index is -0.134. The van der Waals surface area contributed by atoms with Crippen molar-refractivity contribution in [3.8, 4) is 0 Å². The zero-order chi connectivity index (χ0) is 15.1. The Morgan fingerprint density at radius 3 is 2.48 bits per heavy atom. The van der Waals surface area contributed by atoms with Crippen molar-refractivity contribution < 1.29 is 4.79 Å². The highest BCUT2D eigenvalue weighted by atomic mass is 35.5. The molecule has 0 heterocycles. The number of nitrogens with one attached hydrogen (secondary N) is 1. The summed E-state index contributed by atoms with van der Waals surface area (Å²) in [5.74, 6) is 0.179. The van der Waals surface area contributed by atoms with Crippen LogP contribution in [-0.4, -0.2) is 17.4 Å². The maximum Gasteiger partial charge on any atom is 0.250 e. The van der Waals surface area contributed by atoms with Crippen molar-refractivity contribution in [2.24, 2.45) is 5.10 Å². The van der Waals surface area contributed by atoms with E-state index in [9.17, 15) is 4.79 Å². The van der Waals surface area contributed by atoms with E-state index in [1.165, 1.54) is 11.8 Å². The van der Waals surface area contributed by atoms with Gasteiger partial charge in [0.2, 0.25) is 5.91 Å². The molecular formula is C16H15ClN2OS. The predicted octanol–water partition coefficient (Wildman–Crippen LogP) is 3.97. The van der Waals surface area contributed by atoms with E-state index >= 15 is 0 Å². The molecule has 0 saturated carbocycles. The van der Waals surface area contributed by atoms with E-state index in [1.54, 1.807) is 12.1 Å². The number of benzene rings is 2. The normalized spacial score (nSPS) is 11.2. The van der Waals surface area contributed by atoms with Gasteiger partial charge >= 0.3 is 0 Å². The maximum atomic E-state index is 11.8. The number of carbonyl (C=O) groups excluding carboxylic acids is 1. The summed E-state index contributed by atoms with van der Waals surface area (Å²) in [7, 11) is 0. The number of rotatable bonds is 5. The van der Waals surface area contributed by atoms with Gasteiger partial charge in [-0.25, -0.2) is 5.43 Å². The van der Waals surface area contributed by atoms with Gasteiger partial charge in [0.25, 0.3) is 0 Å². The van der Waals surface area contributed by atoms with Crippen LogP contribution in [0.2, 0.25) is 5.02 Å². The molecule has 0 spiro atoms. The Balaban J connectivity index is 1.83. The number of halogens is 1. The predicted molar refractivity (Wildman–Crippen MR) is 89.0 cm³/mol. The van der Waals surface area contributed by atoms with E-state index < -0.39 is 0 Å². The van der Waals surface area contributed by atoms with Crippen molar-refractivity contribution in [2.45, 2.75) is 11.8 Å². The summed E-state index contributed by atoms with van der Waals surface area (Å²) < 4.78 is 0. The van der Waals surface area contributed by atoms with Crippen LogP contribution in [0.1, 0.15) is 12.5 Å². The van der Waals surface area contributed by atoms with Crippen molar-refractivity contribution in [3.05, 3.63) is 65.2 Å². The van der Waals surface area contributed by atoms with E-state index in [-0.39, 0.29) is 5.91 Å². The van der Waals surface area contributed by atoms with Crippen LogP contribution in [0, 0.1) is 0 Å². The van der Waals surface area contributed by atoms with Crippen LogP contribution in [0.15, 0.2) is 64.6 Å². The summed E-state index contributed by atoms with van der Waals surface area (Å²) in [5, 5.41) is 4.79. The Kier molecular flexibility index (Phi) is 5.84. The smallest absolute Gasteiger partial charge is 0.250 e. The van der Waals surface area contributed by atoms with E-state index in [1.807, 2.05) is 49.4 Å². The summed E-state index contributed by atoms with van der Waals surface area (Å²) in [5.41, 5.74) is 4.33. The quantitative estimate of drug-likeness (QED) is 0.515. The molecule has 108 valence electrons. The molecule has 21 heavy (non-hydrogen) atoms. The lowest BCUT2D eigenvalue weighted by Gasteiger charge is -2.03. The summed E-state index contributed by atoms with van der Waals surface area (Å²) in [6.45, 7) is 1.86. The fourth-order valence-electron chi connectivity index (χ4n) is 1.60. The molecule has 0 aliphatic rings. The first kappa shape index (κ1) is 15.6. The molecule has 2 rings (SSSR count). The molecule has 5 heteroatoms. The third-order valence-electron chi connectivity index (χ3n) is 2.72. The zero-order valence-electron chi connectivity index (χ0n) is 11.5. The summed E-state index contributed by atoms with van der Waals surface area (Å²) in [6.07, 6.45) is 0. The molecule has 0 aliphatic heterocycles. The van der Waals surface area contributed by atoms with Gasteiger partial charge in [0.15, 0.2) is 0 Å². The first-order valence-electron chi connectivity index (χ1n) is 6.42. The van der Waals surface area contributed by atoms with Gasteiger partial charge in [-0.05, 0) is 36.8 Å². The van der Waals surface area contributed by atoms with Gasteiger partial charge in [-0.2, -0.15) is 5.10 Å². The van der Waals surface area contributed by atoms with E-state index in [4.69, 9.17) is 11.6 Å². The molecule has 0 fully saturated rings. The van der Waals surface area contributed by atoms with Gasteiger partial charge in [0.05, 0.1) is 11.5 Å². The topological polar surface area (TPSA) is 41.5 Å². The Hall–Kier alpha value is -1.78. The van der Waals surface area contributed by atoms with E-state index in [2.05, 4.69) is 10.5 Å². The molecule has 0 aromatic heterocycles. The second-order valence-electron chi connectivity index (χ2n) is 4.34. The number of hydrogen-bond acceptors (Lipinski definition) is 3. The summed E-state index contributed by atoms with van der Waals surface area (Å²) in [4.78, 5) is 12.8.